The molecule has 3 aromatic rings. The first-order chi connectivity index (χ1) is 18.6. The maximum atomic E-state index is 12.9. The number of anilines is 3. The molecular weight excluding hydrogens is 511 g/mol. The minimum atomic E-state index is -4.42. The van der Waals surface area contributed by atoms with Crippen molar-refractivity contribution in [3.63, 3.8) is 0 Å². The average Bonchev–Trinajstić information content (AvgIpc) is 2.92. The Labute approximate surface area is 224 Å². The maximum absolute atomic E-state index is 12.9. The number of benzene rings is 2. The molecule has 2 aromatic carbocycles. The molecule has 1 fully saturated rings. The molecule has 2 amide bonds. The lowest BCUT2D eigenvalue weighted by Crippen LogP contribution is -2.37. The zero-order valence-corrected chi connectivity index (χ0v) is 21.7. The smallest absolute Gasteiger partial charge is 0.357 e. The van der Waals surface area contributed by atoms with Gasteiger partial charge in [-0.15, -0.1) is 0 Å². The van der Waals surface area contributed by atoms with Crippen molar-refractivity contribution in [2.24, 2.45) is 5.92 Å². The minimum absolute atomic E-state index is 0.0494. The molecule has 0 aliphatic carbocycles. The number of piperidine rings is 1. The van der Waals surface area contributed by atoms with Crippen molar-refractivity contribution in [2.45, 2.75) is 38.9 Å². The number of nitrogens with one attached hydrogen (secondary N) is 3. The van der Waals surface area contributed by atoms with Crippen LogP contribution in [0.1, 0.15) is 37.3 Å². The van der Waals surface area contributed by atoms with E-state index in [1.165, 1.54) is 13.0 Å². The first-order valence-corrected chi connectivity index (χ1v) is 12.6. The summed E-state index contributed by atoms with van der Waals surface area (Å²) >= 11 is 0. The molecule has 0 saturated carbocycles. The summed E-state index contributed by atoms with van der Waals surface area (Å²) in [5.41, 5.74) is 1.13. The van der Waals surface area contributed by atoms with E-state index >= 15 is 0 Å². The van der Waals surface area contributed by atoms with Crippen LogP contribution >= 0.6 is 0 Å². The number of carbonyl (C=O) groups excluding carboxylic acids is 2. The number of aromatic nitrogens is 3. The van der Waals surface area contributed by atoms with Crippen LogP contribution in [0.4, 0.5) is 30.8 Å². The number of rotatable bonds is 8. The molecule has 0 radical (unpaired) electrons. The zero-order valence-electron chi connectivity index (χ0n) is 21.7. The van der Waals surface area contributed by atoms with Gasteiger partial charge in [-0.05, 0) is 60.7 Å². The Balaban J connectivity index is 1.33. The van der Waals surface area contributed by atoms with Crippen LogP contribution in [-0.4, -0.2) is 46.9 Å². The highest BCUT2D eigenvalue weighted by Crippen LogP contribution is 2.30. The van der Waals surface area contributed by atoms with Gasteiger partial charge in [0.2, 0.25) is 23.7 Å². The normalized spacial score (nSPS) is 14.1. The van der Waals surface area contributed by atoms with E-state index in [-0.39, 0.29) is 24.3 Å². The van der Waals surface area contributed by atoms with Crippen LogP contribution in [0.25, 0.3) is 11.4 Å². The van der Waals surface area contributed by atoms with Crippen molar-refractivity contribution in [1.82, 2.24) is 20.3 Å². The first-order valence-electron chi connectivity index (χ1n) is 12.6. The molecule has 12 heteroatoms. The Morgan fingerprint density at radius 3 is 2.38 bits per heavy atom. The zero-order chi connectivity index (χ0) is 28.0. The maximum Gasteiger partial charge on any atom is 0.416 e. The Morgan fingerprint density at radius 1 is 1.03 bits per heavy atom. The lowest BCUT2D eigenvalue weighted by Gasteiger charge is -2.32. The monoisotopic (exact) mass is 541 g/mol. The van der Waals surface area contributed by atoms with Crippen LogP contribution in [0.2, 0.25) is 0 Å². The fraction of sp³-hybridized carbons (Fsp3) is 0.370. The van der Waals surface area contributed by atoms with E-state index in [4.69, 9.17) is 0 Å². The van der Waals surface area contributed by atoms with Gasteiger partial charge in [-0.25, -0.2) is 0 Å². The molecule has 206 valence electrons. The fourth-order valence-electron chi connectivity index (χ4n) is 4.38. The standard InChI is InChI=1S/C27H30F3N7O2/c1-17(38)33-22-8-6-20(7-9-22)24-34-25(31-2)36-26(35-24)37-12-10-18(11-13-37)15-23(39)32-16-19-4-3-5-21(14-19)27(28,29)30/h3-9,14,18H,10-13,15-16H2,1-2H3,(H,32,39)(H,33,38)(H,31,34,35,36). The van der Waals surface area contributed by atoms with E-state index in [0.717, 1.165) is 30.5 Å². The Kier molecular flexibility index (Phi) is 8.62. The summed E-state index contributed by atoms with van der Waals surface area (Å²) in [7, 11) is 1.73. The molecule has 1 aliphatic rings. The van der Waals surface area contributed by atoms with Gasteiger partial charge < -0.3 is 20.9 Å². The van der Waals surface area contributed by atoms with E-state index in [9.17, 15) is 22.8 Å². The van der Waals surface area contributed by atoms with E-state index in [0.29, 0.717) is 48.5 Å². The average molecular weight is 542 g/mol. The molecule has 39 heavy (non-hydrogen) atoms. The number of hydrogen-bond acceptors (Lipinski definition) is 7. The molecule has 0 unspecified atom stereocenters. The minimum Gasteiger partial charge on any atom is -0.357 e. The number of amides is 2. The Hall–Kier alpha value is -4.22. The van der Waals surface area contributed by atoms with Crippen LogP contribution in [0.5, 0.6) is 0 Å². The molecule has 3 N–H and O–H groups in total. The molecule has 0 atom stereocenters. The second kappa shape index (κ2) is 12.1. The highest BCUT2D eigenvalue weighted by atomic mass is 19.4. The second-order valence-electron chi connectivity index (χ2n) is 9.40. The van der Waals surface area contributed by atoms with Gasteiger partial charge in [0, 0.05) is 51.3 Å². The summed E-state index contributed by atoms with van der Waals surface area (Å²) in [5.74, 6) is 1.26. The highest BCUT2D eigenvalue weighted by Gasteiger charge is 2.30. The summed E-state index contributed by atoms with van der Waals surface area (Å²) in [6, 6.07) is 12.2. The predicted octanol–water partition coefficient (Wildman–Crippen LogP) is 4.48. The first kappa shape index (κ1) is 27.8. The van der Waals surface area contributed by atoms with Gasteiger partial charge in [-0.1, -0.05) is 12.1 Å². The van der Waals surface area contributed by atoms with E-state index < -0.39 is 11.7 Å². The fourth-order valence-corrected chi connectivity index (χ4v) is 4.38. The highest BCUT2D eigenvalue weighted by molar-refractivity contribution is 5.88. The molecule has 1 saturated heterocycles. The topological polar surface area (TPSA) is 112 Å². The summed E-state index contributed by atoms with van der Waals surface area (Å²) in [6.07, 6.45) is -2.62. The van der Waals surface area contributed by atoms with E-state index in [2.05, 4.69) is 35.8 Å². The molecule has 2 heterocycles. The lowest BCUT2D eigenvalue weighted by molar-refractivity contribution is -0.137. The number of carbonyl (C=O) groups is 2. The van der Waals surface area contributed by atoms with E-state index in [1.807, 2.05) is 12.1 Å². The van der Waals surface area contributed by atoms with Crippen LogP contribution in [0.3, 0.4) is 0 Å². The number of nitrogens with zero attached hydrogens (tertiary/aromatic N) is 4. The largest absolute Gasteiger partial charge is 0.416 e. The van der Waals surface area contributed by atoms with Crippen molar-refractivity contribution in [3.8, 4) is 11.4 Å². The van der Waals surface area contributed by atoms with Gasteiger partial charge in [0.05, 0.1) is 5.56 Å². The van der Waals surface area contributed by atoms with Gasteiger partial charge >= 0.3 is 6.18 Å². The summed E-state index contributed by atoms with van der Waals surface area (Å²) in [6.45, 7) is 2.80. The van der Waals surface area contributed by atoms with Crippen molar-refractivity contribution >= 4 is 29.4 Å². The molecular formula is C27H30F3N7O2. The lowest BCUT2D eigenvalue weighted by atomic mass is 9.93. The second-order valence-corrected chi connectivity index (χ2v) is 9.40. The molecule has 0 bridgehead atoms. The van der Waals surface area contributed by atoms with Crippen LogP contribution < -0.4 is 20.9 Å². The van der Waals surface area contributed by atoms with Crippen molar-refractivity contribution < 1.29 is 22.8 Å². The molecule has 0 spiro atoms. The number of hydrogen-bond donors (Lipinski definition) is 3. The van der Waals surface area contributed by atoms with Crippen LogP contribution in [-0.2, 0) is 22.3 Å². The third kappa shape index (κ3) is 7.65. The predicted molar refractivity (Wildman–Crippen MR) is 142 cm³/mol. The van der Waals surface area contributed by atoms with Gasteiger partial charge in [0.25, 0.3) is 0 Å². The Morgan fingerprint density at radius 2 is 1.74 bits per heavy atom. The van der Waals surface area contributed by atoms with E-state index in [1.54, 1.807) is 25.2 Å². The molecule has 1 aliphatic heterocycles. The van der Waals surface area contributed by atoms with Crippen molar-refractivity contribution in [3.05, 3.63) is 59.7 Å². The quantitative estimate of drug-likeness (QED) is 0.386. The van der Waals surface area contributed by atoms with Gasteiger partial charge in [0.1, 0.15) is 0 Å². The summed E-state index contributed by atoms with van der Waals surface area (Å²) < 4.78 is 38.7. The SMILES string of the molecule is CNc1nc(-c2ccc(NC(C)=O)cc2)nc(N2CCC(CC(=O)NCc3cccc(C(F)(F)F)c3)CC2)n1. The van der Waals surface area contributed by atoms with Crippen LogP contribution in [0.15, 0.2) is 48.5 Å². The Bertz CT molecular complexity index is 1310. The number of halogens is 3. The third-order valence-corrected chi connectivity index (χ3v) is 6.43. The van der Waals surface area contributed by atoms with Gasteiger partial charge in [-0.2, -0.15) is 28.1 Å². The molecule has 9 nitrogen and oxygen atoms in total. The summed E-state index contributed by atoms with van der Waals surface area (Å²) in [4.78, 5) is 39.4. The third-order valence-electron chi connectivity index (χ3n) is 6.43. The molecule has 4 rings (SSSR count). The van der Waals surface area contributed by atoms with Crippen LogP contribution in [0, 0.1) is 5.92 Å². The summed E-state index contributed by atoms with van der Waals surface area (Å²) in [5, 5.41) is 8.43. The van der Waals surface area contributed by atoms with Crippen molar-refractivity contribution in [1.29, 1.82) is 0 Å². The van der Waals surface area contributed by atoms with Gasteiger partial charge in [0.15, 0.2) is 5.82 Å². The van der Waals surface area contributed by atoms with Crippen molar-refractivity contribution in [2.75, 3.05) is 35.7 Å². The van der Waals surface area contributed by atoms with Gasteiger partial charge in [-0.3, -0.25) is 9.59 Å². The number of alkyl halides is 3. The molecule has 1 aromatic heterocycles.